The van der Waals surface area contributed by atoms with Crippen LogP contribution in [-0.2, 0) is 0 Å². The lowest BCUT2D eigenvalue weighted by Gasteiger charge is -2.16. The molecule has 1 aliphatic heterocycles. The van der Waals surface area contributed by atoms with Gasteiger partial charge in [0.1, 0.15) is 0 Å². The lowest BCUT2D eigenvalue weighted by molar-refractivity contribution is 0.513. The summed E-state index contributed by atoms with van der Waals surface area (Å²) in [5, 5.41) is 4.38. The molecule has 1 aliphatic rings. The molecule has 0 bridgehead atoms. The van der Waals surface area contributed by atoms with Crippen LogP contribution in [0.4, 0.5) is 0 Å². The van der Waals surface area contributed by atoms with Crippen molar-refractivity contribution >= 4 is 23.4 Å². The molecule has 14 heavy (non-hydrogen) atoms. The van der Waals surface area contributed by atoms with Crippen molar-refractivity contribution in [3.8, 4) is 0 Å². The van der Waals surface area contributed by atoms with Crippen LogP contribution in [0.3, 0.4) is 0 Å². The van der Waals surface area contributed by atoms with Gasteiger partial charge in [-0.1, -0.05) is 25.4 Å². The average molecular weight is 228 g/mol. The molecule has 1 atom stereocenters. The molecule has 0 saturated carbocycles. The highest BCUT2D eigenvalue weighted by Crippen LogP contribution is 2.39. The Kier molecular flexibility index (Phi) is 3.05. The fourth-order valence-corrected chi connectivity index (χ4v) is 3.06. The summed E-state index contributed by atoms with van der Waals surface area (Å²) in [6.07, 6.45) is 0. The summed E-state index contributed by atoms with van der Waals surface area (Å²) in [7, 11) is 0. The number of fused-ring (bicyclic) bond motifs is 1. The Bertz CT molecular complexity index is 338. The maximum atomic E-state index is 5.99. The van der Waals surface area contributed by atoms with E-state index in [4.69, 9.17) is 11.6 Å². The van der Waals surface area contributed by atoms with Crippen LogP contribution in [0.25, 0.3) is 0 Å². The smallest absolute Gasteiger partial charge is 0.0429 e. The van der Waals surface area contributed by atoms with Crippen molar-refractivity contribution < 1.29 is 0 Å². The van der Waals surface area contributed by atoms with Crippen LogP contribution in [0.1, 0.15) is 25.5 Å². The molecule has 1 nitrogen and oxygen atoms in total. The lowest BCUT2D eigenvalue weighted by Crippen LogP contribution is -2.27. The van der Waals surface area contributed by atoms with Gasteiger partial charge in [-0.05, 0) is 23.8 Å². The monoisotopic (exact) mass is 227 g/mol. The normalized spacial score (nSPS) is 20.1. The summed E-state index contributed by atoms with van der Waals surface area (Å²) < 4.78 is 0. The highest BCUT2D eigenvalue weighted by atomic mass is 35.5. The summed E-state index contributed by atoms with van der Waals surface area (Å²) in [6.45, 7) is 4.35. The Morgan fingerprint density at radius 3 is 3.00 bits per heavy atom. The van der Waals surface area contributed by atoms with Gasteiger partial charge in [-0.2, -0.15) is 0 Å². The Labute approximate surface area is 94.2 Å². The Morgan fingerprint density at radius 2 is 2.29 bits per heavy atom. The Hall–Kier alpha value is -0.180. The van der Waals surface area contributed by atoms with Crippen molar-refractivity contribution in [2.45, 2.75) is 30.8 Å². The molecule has 1 aromatic carbocycles. The van der Waals surface area contributed by atoms with Crippen molar-refractivity contribution in [3.05, 3.63) is 28.8 Å². The first-order valence-electron chi connectivity index (χ1n) is 4.85. The first-order chi connectivity index (χ1) is 6.66. The molecule has 0 radical (unpaired) electrons. The number of nitrogens with one attached hydrogen (secondary N) is 1. The maximum Gasteiger partial charge on any atom is 0.0429 e. The van der Waals surface area contributed by atoms with E-state index < -0.39 is 0 Å². The minimum Gasteiger partial charge on any atom is -0.307 e. The van der Waals surface area contributed by atoms with E-state index in [1.54, 1.807) is 0 Å². The molecule has 0 aromatic heterocycles. The van der Waals surface area contributed by atoms with Gasteiger partial charge in [-0.15, -0.1) is 11.8 Å². The highest BCUT2D eigenvalue weighted by molar-refractivity contribution is 7.99. The Balaban J connectivity index is 2.24. The summed E-state index contributed by atoms with van der Waals surface area (Å²) >= 11 is 7.89. The number of benzene rings is 1. The van der Waals surface area contributed by atoms with Gasteiger partial charge in [0.25, 0.3) is 0 Å². The third-order valence-electron chi connectivity index (χ3n) is 2.29. The van der Waals surface area contributed by atoms with Gasteiger partial charge in [0.05, 0.1) is 0 Å². The minimum atomic E-state index is 0.466. The number of rotatable bonds is 2. The highest BCUT2D eigenvalue weighted by Gasteiger charge is 2.23. The minimum absolute atomic E-state index is 0.466. The molecule has 1 N–H and O–H groups in total. The SMILES string of the molecule is CC(C)NC1CSc2ccc(Cl)cc21. The predicted octanol–water partition coefficient (Wildman–Crippen LogP) is 3.48. The van der Waals surface area contributed by atoms with Gasteiger partial charge in [0.2, 0.25) is 0 Å². The quantitative estimate of drug-likeness (QED) is 0.830. The van der Waals surface area contributed by atoms with Gasteiger partial charge in [0.15, 0.2) is 0 Å². The molecule has 0 amide bonds. The zero-order chi connectivity index (χ0) is 10.1. The fourth-order valence-electron chi connectivity index (χ4n) is 1.73. The maximum absolute atomic E-state index is 5.99. The zero-order valence-electron chi connectivity index (χ0n) is 8.38. The zero-order valence-corrected chi connectivity index (χ0v) is 9.95. The first-order valence-corrected chi connectivity index (χ1v) is 6.21. The van der Waals surface area contributed by atoms with Crippen molar-refractivity contribution in [3.63, 3.8) is 0 Å². The van der Waals surface area contributed by atoms with Gasteiger partial charge in [-0.25, -0.2) is 0 Å². The third kappa shape index (κ3) is 2.08. The number of halogens is 1. The van der Waals surface area contributed by atoms with Crippen molar-refractivity contribution in [2.75, 3.05) is 5.75 Å². The van der Waals surface area contributed by atoms with Crippen molar-refractivity contribution in [1.29, 1.82) is 0 Å². The molecule has 1 unspecified atom stereocenters. The largest absolute Gasteiger partial charge is 0.307 e. The van der Waals surface area contributed by atoms with Gasteiger partial charge < -0.3 is 5.32 Å². The fraction of sp³-hybridized carbons (Fsp3) is 0.455. The third-order valence-corrected chi connectivity index (χ3v) is 3.71. The number of hydrogen-bond acceptors (Lipinski definition) is 2. The molecule has 0 spiro atoms. The van der Waals surface area contributed by atoms with Gasteiger partial charge in [0, 0.05) is 27.8 Å². The van der Waals surface area contributed by atoms with Crippen LogP contribution in [0.5, 0.6) is 0 Å². The van der Waals surface area contributed by atoms with Crippen LogP contribution in [0.2, 0.25) is 5.02 Å². The second-order valence-corrected chi connectivity index (χ2v) is 5.37. The molecule has 3 heteroatoms. The standard InChI is InChI=1S/C11H14ClNS/c1-7(2)13-10-6-14-11-4-3-8(12)5-9(10)11/h3-5,7,10,13H,6H2,1-2H3. The topological polar surface area (TPSA) is 12.0 Å². The van der Waals surface area contributed by atoms with E-state index in [1.165, 1.54) is 10.5 Å². The van der Waals surface area contributed by atoms with Gasteiger partial charge >= 0.3 is 0 Å². The van der Waals surface area contributed by atoms with Crippen LogP contribution >= 0.6 is 23.4 Å². The molecule has 0 saturated heterocycles. The molecule has 0 aliphatic carbocycles. The number of thioether (sulfide) groups is 1. The van der Waals surface area contributed by atoms with Crippen molar-refractivity contribution in [1.82, 2.24) is 5.32 Å². The van der Waals surface area contributed by atoms with Gasteiger partial charge in [-0.3, -0.25) is 0 Å². The molecular formula is C11H14ClNS. The molecular weight excluding hydrogens is 214 g/mol. The van der Waals surface area contributed by atoms with E-state index in [0.717, 1.165) is 10.8 Å². The number of hydrogen-bond donors (Lipinski definition) is 1. The molecule has 1 aromatic rings. The molecule has 2 rings (SSSR count). The van der Waals surface area contributed by atoms with E-state index >= 15 is 0 Å². The first kappa shape index (κ1) is 10.3. The molecule has 76 valence electrons. The van der Waals surface area contributed by atoms with E-state index in [9.17, 15) is 0 Å². The van der Waals surface area contributed by atoms with Crippen molar-refractivity contribution in [2.24, 2.45) is 0 Å². The summed E-state index contributed by atoms with van der Waals surface area (Å²) in [4.78, 5) is 1.37. The van der Waals surface area contributed by atoms with E-state index in [-0.39, 0.29) is 0 Å². The second-order valence-electron chi connectivity index (χ2n) is 3.87. The average Bonchev–Trinajstić information content (AvgIpc) is 2.47. The van der Waals surface area contributed by atoms with E-state index in [0.29, 0.717) is 12.1 Å². The summed E-state index contributed by atoms with van der Waals surface area (Å²) in [6, 6.07) is 7.14. The van der Waals surface area contributed by atoms with E-state index in [2.05, 4.69) is 31.3 Å². The predicted molar refractivity (Wildman–Crippen MR) is 63.2 cm³/mol. The lowest BCUT2D eigenvalue weighted by atomic mass is 10.1. The molecule has 0 fully saturated rings. The van der Waals surface area contributed by atoms with Crippen LogP contribution in [0.15, 0.2) is 23.1 Å². The van der Waals surface area contributed by atoms with Crippen LogP contribution in [0, 0.1) is 0 Å². The summed E-state index contributed by atoms with van der Waals surface area (Å²) in [5.74, 6) is 1.12. The second kappa shape index (κ2) is 4.13. The summed E-state index contributed by atoms with van der Waals surface area (Å²) in [5.41, 5.74) is 1.36. The van der Waals surface area contributed by atoms with E-state index in [1.807, 2.05) is 17.8 Å². The Morgan fingerprint density at radius 1 is 1.50 bits per heavy atom. The van der Waals surface area contributed by atoms with Crippen LogP contribution in [-0.4, -0.2) is 11.8 Å². The van der Waals surface area contributed by atoms with Crippen LogP contribution < -0.4 is 5.32 Å². The molecule has 1 heterocycles.